The number of nitrogens with zero attached hydrogens (tertiary/aromatic N) is 3. The number of likely N-dealkylation sites (tertiary alicyclic amines) is 1. The first kappa shape index (κ1) is 16.1. The second kappa shape index (κ2) is 7.21. The molecule has 1 saturated heterocycles. The molecule has 1 amide bonds. The summed E-state index contributed by atoms with van der Waals surface area (Å²) in [5.74, 6) is 3.14. The quantitative estimate of drug-likeness (QED) is 0.867. The van der Waals surface area contributed by atoms with Crippen molar-refractivity contribution in [2.75, 3.05) is 13.1 Å². The fraction of sp³-hybridized carbons (Fsp3) is 0.833. The second-order valence-electron chi connectivity index (χ2n) is 7.72. The van der Waals surface area contributed by atoms with Crippen molar-refractivity contribution in [3.63, 3.8) is 0 Å². The maximum absolute atomic E-state index is 12.2. The summed E-state index contributed by atoms with van der Waals surface area (Å²) in [6.07, 6.45) is 10.1. The first-order valence-electron chi connectivity index (χ1n) is 9.61. The van der Waals surface area contributed by atoms with Crippen LogP contribution in [-0.2, 0) is 11.3 Å². The third-order valence-electron chi connectivity index (χ3n) is 5.72. The van der Waals surface area contributed by atoms with E-state index in [4.69, 9.17) is 4.52 Å². The van der Waals surface area contributed by atoms with Crippen molar-refractivity contribution in [2.24, 2.45) is 5.92 Å². The summed E-state index contributed by atoms with van der Waals surface area (Å²) in [6.45, 7) is 2.49. The summed E-state index contributed by atoms with van der Waals surface area (Å²) in [5, 5.41) is 7.65. The largest absolute Gasteiger partial charge is 0.342 e. The summed E-state index contributed by atoms with van der Waals surface area (Å²) < 4.78 is 5.43. The van der Waals surface area contributed by atoms with Crippen molar-refractivity contribution >= 4 is 5.91 Å². The maximum atomic E-state index is 12.2. The Morgan fingerprint density at radius 1 is 1.12 bits per heavy atom. The smallest absolute Gasteiger partial charge is 0.229 e. The number of amides is 1. The van der Waals surface area contributed by atoms with Crippen LogP contribution in [0.15, 0.2) is 4.52 Å². The predicted molar refractivity (Wildman–Crippen MR) is 89.3 cm³/mol. The Morgan fingerprint density at radius 3 is 2.75 bits per heavy atom. The van der Waals surface area contributed by atoms with Crippen LogP contribution < -0.4 is 5.32 Å². The molecule has 1 atom stereocenters. The van der Waals surface area contributed by atoms with Crippen LogP contribution in [0.5, 0.6) is 0 Å². The Hall–Kier alpha value is -1.43. The molecule has 6 heteroatoms. The lowest BCUT2D eigenvalue weighted by molar-refractivity contribution is -0.130. The molecule has 24 heavy (non-hydrogen) atoms. The Kier molecular flexibility index (Phi) is 4.83. The monoisotopic (exact) mass is 332 g/mol. The summed E-state index contributed by atoms with van der Waals surface area (Å²) in [5.41, 5.74) is 0. The average molecular weight is 332 g/mol. The number of hydrogen-bond donors (Lipinski definition) is 1. The van der Waals surface area contributed by atoms with E-state index in [0.717, 1.165) is 43.6 Å². The van der Waals surface area contributed by atoms with E-state index in [-0.39, 0.29) is 0 Å². The minimum atomic E-state index is 0.328. The molecule has 2 aliphatic carbocycles. The zero-order valence-corrected chi connectivity index (χ0v) is 14.4. The van der Waals surface area contributed by atoms with Gasteiger partial charge in [-0.1, -0.05) is 18.0 Å². The fourth-order valence-corrected chi connectivity index (χ4v) is 3.96. The van der Waals surface area contributed by atoms with E-state index < -0.39 is 0 Å². The van der Waals surface area contributed by atoms with E-state index in [9.17, 15) is 4.79 Å². The first-order valence-corrected chi connectivity index (χ1v) is 9.61. The number of carbonyl (C=O) groups is 1. The Labute approximate surface area is 143 Å². The number of nitrogens with one attached hydrogen (secondary N) is 1. The number of carbonyl (C=O) groups excluding carboxylic acids is 1. The number of hydrogen-bond acceptors (Lipinski definition) is 5. The third-order valence-corrected chi connectivity index (χ3v) is 5.72. The van der Waals surface area contributed by atoms with E-state index in [0.29, 0.717) is 30.8 Å². The Morgan fingerprint density at radius 2 is 1.96 bits per heavy atom. The van der Waals surface area contributed by atoms with Crippen LogP contribution in [0.1, 0.15) is 75.4 Å². The van der Waals surface area contributed by atoms with Crippen LogP contribution in [0.2, 0.25) is 0 Å². The van der Waals surface area contributed by atoms with E-state index in [1.54, 1.807) is 0 Å². The normalized spacial score (nSPS) is 26.1. The highest BCUT2D eigenvalue weighted by Crippen LogP contribution is 2.33. The molecule has 0 spiro atoms. The molecule has 3 fully saturated rings. The van der Waals surface area contributed by atoms with Gasteiger partial charge in [0.1, 0.15) is 0 Å². The predicted octanol–water partition coefficient (Wildman–Crippen LogP) is 2.61. The SMILES string of the molecule is O=C1CCC(NCc2noc(C3CCCC3)n2)CCN1CC1CC1. The molecule has 0 radical (unpaired) electrons. The van der Waals surface area contributed by atoms with E-state index in [1.807, 2.05) is 0 Å². The van der Waals surface area contributed by atoms with Gasteiger partial charge in [-0.05, 0) is 44.4 Å². The van der Waals surface area contributed by atoms with Gasteiger partial charge in [-0.3, -0.25) is 4.79 Å². The maximum Gasteiger partial charge on any atom is 0.229 e. The average Bonchev–Trinajstić information content (AvgIpc) is 3.09. The molecule has 1 aromatic heterocycles. The molecule has 2 saturated carbocycles. The van der Waals surface area contributed by atoms with Gasteiger partial charge in [0, 0.05) is 31.5 Å². The third kappa shape index (κ3) is 3.97. The summed E-state index contributed by atoms with van der Waals surface area (Å²) in [4.78, 5) is 18.8. The first-order chi connectivity index (χ1) is 11.8. The summed E-state index contributed by atoms with van der Waals surface area (Å²) in [7, 11) is 0. The molecular formula is C18H28N4O2. The lowest BCUT2D eigenvalue weighted by Crippen LogP contribution is -2.33. The number of rotatable bonds is 6. The topological polar surface area (TPSA) is 71.3 Å². The highest BCUT2D eigenvalue weighted by molar-refractivity contribution is 5.76. The summed E-state index contributed by atoms with van der Waals surface area (Å²) >= 11 is 0. The van der Waals surface area contributed by atoms with Crippen molar-refractivity contribution in [1.82, 2.24) is 20.4 Å². The van der Waals surface area contributed by atoms with E-state index >= 15 is 0 Å². The fourth-order valence-electron chi connectivity index (χ4n) is 3.96. The molecule has 1 unspecified atom stereocenters. The molecule has 1 aromatic rings. The van der Waals surface area contributed by atoms with E-state index in [2.05, 4.69) is 20.4 Å². The second-order valence-corrected chi connectivity index (χ2v) is 7.72. The molecule has 1 N–H and O–H groups in total. The molecule has 132 valence electrons. The van der Waals surface area contributed by atoms with Crippen molar-refractivity contribution in [2.45, 2.75) is 76.3 Å². The van der Waals surface area contributed by atoms with Crippen molar-refractivity contribution in [3.8, 4) is 0 Å². The van der Waals surface area contributed by atoms with Crippen molar-refractivity contribution in [3.05, 3.63) is 11.7 Å². The van der Waals surface area contributed by atoms with Gasteiger partial charge >= 0.3 is 0 Å². The standard InChI is InChI=1S/C18H28N4O2/c23-17-8-7-15(9-10-22(17)12-13-5-6-13)19-11-16-20-18(24-21-16)14-3-1-2-4-14/h13-15,19H,1-12H2. The van der Waals surface area contributed by atoms with Crippen LogP contribution in [-0.4, -0.2) is 40.1 Å². The van der Waals surface area contributed by atoms with Gasteiger partial charge in [-0.15, -0.1) is 0 Å². The molecule has 3 aliphatic rings. The lowest BCUT2D eigenvalue weighted by atomic mass is 10.1. The van der Waals surface area contributed by atoms with Gasteiger partial charge in [-0.2, -0.15) is 4.98 Å². The molecule has 1 aliphatic heterocycles. The zero-order valence-electron chi connectivity index (χ0n) is 14.4. The molecule has 2 heterocycles. The van der Waals surface area contributed by atoms with Crippen LogP contribution in [0, 0.1) is 5.92 Å². The molecular weight excluding hydrogens is 304 g/mol. The van der Waals surface area contributed by atoms with Gasteiger partial charge in [0.05, 0.1) is 6.54 Å². The van der Waals surface area contributed by atoms with Crippen LogP contribution in [0.4, 0.5) is 0 Å². The van der Waals surface area contributed by atoms with Gasteiger partial charge in [-0.25, -0.2) is 0 Å². The van der Waals surface area contributed by atoms with Gasteiger partial charge < -0.3 is 14.7 Å². The van der Waals surface area contributed by atoms with Crippen molar-refractivity contribution in [1.29, 1.82) is 0 Å². The highest BCUT2D eigenvalue weighted by atomic mass is 16.5. The molecule has 6 nitrogen and oxygen atoms in total. The minimum absolute atomic E-state index is 0.328. The highest BCUT2D eigenvalue weighted by Gasteiger charge is 2.29. The van der Waals surface area contributed by atoms with Crippen LogP contribution in [0.25, 0.3) is 0 Å². The van der Waals surface area contributed by atoms with Gasteiger partial charge in [0.25, 0.3) is 0 Å². The van der Waals surface area contributed by atoms with Gasteiger partial charge in [0.15, 0.2) is 5.82 Å². The lowest BCUT2D eigenvalue weighted by Gasteiger charge is -2.20. The zero-order chi connectivity index (χ0) is 16.4. The van der Waals surface area contributed by atoms with Crippen molar-refractivity contribution < 1.29 is 9.32 Å². The molecule has 4 rings (SSSR count). The molecule has 0 aromatic carbocycles. The Balaban J connectivity index is 1.25. The van der Waals surface area contributed by atoms with Crippen LogP contribution in [0.3, 0.4) is 0 Å². The van der Waals surface area contributed by atoms with E-state index in [1.165, 1.54) is 38.5 Å². The Bertz CT molecular complexity index is 563. The number of aromatic nitrogens is 2. The van der Waals surface area contributed by atoms with Gasteiger partial charge in [0.2, 0.25) is 11.8 Å². The van der Waals surface area contributed by atoms with Crippen LogP contribution >= 0.6 is 0 Å². The minimum Gasteiger partial charge on any atom is -0.342 e. The molecule has 0 bridgehead atoms. The summed E-state index contributed by atoms with van der Waals surface area (Å²) in [6, 6.07) is 0.367.